The zero-order valence-corrected chi connectivity index (χ0v) is 14.7. The van der Waals surface area contributed by atoms with Gasteiger partial charge in [-0.05, 0) is 31.7 Å². The predicted octanol–water partition coefficient (Wildman–Crippen LogP) is 3.63. The van der Waals surface area contributed by atoms with Crippen LogP contribution >= 0.6 is 23.2 Å². The lowest BCUT2D eigenvalue weighted by molar-refractivity contribution is -0.130. The van der Waals surface area contributed by atoms with E-state index in [9.17, 15) is 9.59 Å². The molecule has 5 nitrogen and oxygen atoms in total. The molecule has 3 atom stereocenters. The maximum atomic E-state index is 12.2. The van der Waals surface area contributed by atoms with Gasteiger partial charge in [0.1, 0.15) is 5.15 Å². The van der Waals surface area contributed by atoms with Crippen LogP contribution in [0.2, 0.25) is 10.2 Å². The van der Waals surface area contributed by atoms with E-state index < -0.39 is 12.1 Å². The number of carbonyl (C=O) groups is 2. The summed E-state index contributed by atoms with van der Waals surface area (Å²) < 4.78 is 5.18. The number of hydrogen-bond acceptors (Lipinski definition) is 4. The van der Waals surface area contributed by atoms with E-state index in [-0.39, 0.29) is 27.7 Å². The van der Waals surface area contributed by atoms with Crippen molar-refractivity contribution < 1.29 is 14.3 Å². The normalized spacial score (nSPS) is 22.3. The lowest BCUT2D eigenvalue weighted by atomic mass is 9.86. The number of pyridine rings is 1. The Bertz CT molecular complexity index is 595. The number of ether oxygens (including phenoxy) is 1. The summed E-state index contributed by atoms with van der Waals surface area (Å²) >= 11 is 11.5. The first-order chi connectivity index (χ1) is 10.9. The fourth-order valence-electron chi connectivity index (χ4n) is 2.65. The molecule has 0 spiro atoms. The summed E-state index contributed by atoms with van der Waals surface area (Å²) in [6.45, 7) is 3.67. The number of carbonyl (C=O) groups excluding carboxylic acids is 2. The lowest BCUT2D eigenvalue weighted by Gasteiger charge is -2.30. The molecule has 1 aliphatic carbocycles. The molecule has 0 aromatic carbocycles. The van der Waals surface area contributed by atoms with Gasteiger partial charge in [-0.3, -0.25) is 4.79 Å². The molecule has 7 heteroatoms. The van der Waals surface area contributed by atoms with E-state index in [2.05, 4.69) is 17.2 Å². The fourth-order valence-corrected chi connectivity index (χ4v) is 2.92. The van der Waals surface area contributed by atoms with Crippen molar-refractivity contribution in [1.82, 2.24) is 10.3 Å². The first kappa shape index (κ1) is 18.0. The van der Waals surface area contributed by atoms with Gasteiger partial charge in [-0.25, -0.2) is 9.78 Å². The van der Waals surface area contributed by atoms with E-state index in [0.717, 1.165) is 19.3 Å². The topological polar surface area (TPSA) is 68.3 Å². The molecular formula is C16H20Cl2N2O3. The first-order valence-corrected chi connectivity index (χ1v) is 8.46. The van der Waals surface area contributed by atoms with Crippen LogP contribution in [-0.2, 0) is 9.53 Å². The van der Waals surface area contributed by atoms with E-state index in [1.807, 2.05) is 0 Å². The van der Waals surface area contributed by atoms with Gasteiger partial charge >= 0.3 is 5.97 Å². The molecule has 126 valence electrons. The van der Waals surface area contributed by atoms with Crippen LogP contribution in [0.1, 0.15) is 49.9 Å². The molecule has 0 bridgehead atoms. The minimum atomic E-state index is -0.883. The third-order valence-electron chi connectivity index (χ3n) is 4.12. The van der Waals surface area contributed by atoms with E-state index in [1.54, 1.807) is 6.92 Å². The molecular weight excluding hydrogens is 339 g/mol. The fraction of sp³-hybridized carbons (Fsp3) is 0.562. The third-order valence-corrected chi connectivity index (χ3v) is 4.81. The Hall–Kier alpha value is -1.33. The number of nitrogens with zero attached hydrogens (tertiary/aromatic N) is 1. The second-order valence-electron chi connectivity index (χ2n) is 5.92. The number of halogens is 2. The van der Waals surface area contributed by atoms with Crippen molar-refractivity contribution in [2.45, 2.75) is 51.7 Å². The lowest BCUT2D eigenvalue weighted by Crippen LogP contribution is -2.46. The Balaban J connectivity index is 1.92. The molecule has 1 aromatic heterocycles. The minimum absolute atomic E-state index is 0.111. The number of hydrogen-bond donors (Lipinski definition) is 1. The van der Waals surface area contributed by atoms with Gasteiger partial charge in [0.15, 0.2) is 6.10 Å². The monoisotopic (exact) mass is 358 g/mol. The van der Waals surface area contributed by atoms with Gasteiger partial charge in [-0.2, -0.15) is 0 Å². The maximum absolute atomic E-state index is 12.2. The molecule has 0 saturated heterocycles. The average molecular weight is 359 g/mol. The highest BCUT2D eigenvalue weighted by atomic mass is 35.5. The zero-order valence-electron chi connectivity index (χ0n) is 13.1. The van der Waals surface area contributed by atoms with Crippen molar-refractivity contribution in [1.29, 1.82) is 0 Å². The van der Waals surface area contributed by atoms with Crippen molar-refractivity contribution in [2.75, 3.05) is 0 Å². The summed E-state index contributed by atoms with van der Waals surface area (Å²) in [6, 6.07) is 1.51. The Morgan fingerprint density at radius 2 is 2.04 bits per heavy atom. The molecule has 0 aliphatic heterocycles. The Kier molecular flexibility index (Phi) is 6.25. The van der Waals surface area contributed by atoms with Crippen molar-refractivity contribution >= 4 is 35.1 Å². The minimum Gasteiger partial charge on any atom is -0.449 e. The predicted molar refractivity (Wildman–Crippen MR) is 88.7 cm³/mol. The molecule has 0 radical (unpaired) electrons. The number of aromatic nitrogens is 1. The summed E-state index contributed by atoms with van der Waals surface area (Å²) in [6.07, 6.45) is 4.76. The van der Waals surface area contributed by atoms with E-state index >= 15 is 0 Å². The first-order valence-electron chi connectivity index (χ1n) is 7.71. The Morgan fingerprint density at radius 1 is 1.35 bits per heavy atom. The van der Waals surface area contributed by atoms with Crippen molar-refractivity contribution in [3.05, 3.63) is 28.0 Å². The van der Waals surface area contributed by atoms with Crippen LogP contribution in [0.5, 0.6) is 0 Å². The van der Waals surface area contributed by atoms with Crippen LogP contribution in [0, 0.1) is 5.92 Å². The van der Waals surface area contributed by atoms with Gasteiger partial charge < -0.3 is 10.1 Å². The molecule has 3 unspecified atom stereocenters. The summed E-state index contributed by atoms with van der Waals surface area (Å²) in [5, 5.41) is 3.24. The maximum Gasteiger partial charge on any atom is 0.340 e. The largest absolute Gasteiger partial charge is 0.449 e. The molecule has 1 heterocycles. The number of nitrogens with one attached hydrogen (secondary N) is 1. The number of amides is 1. The van der Waals surface area contributed by atoms with Gasteiger partial charge in [-0.15, -0.1) is 0 Å². The van der Waals surface area contributed by atoms with Crippen molar-refractivity contribution in [3.63, 3.8) is 0 Å². The van der Waals surface area contributed by atoms with Gasteiger partial charge in [0.05, 0.1) is 10.6 Å². The number of rotatable bonds is 4. The molecule has 1 aliphatic rings. The SMILES string of the molecule is CC(OC(=O)c1cnc(Cl)c(Cl)c1)C(=O)NC1CCCCC1C. The second kappa shape index (κ2) is 7.97. The summed E-state index contributed by atoms with van der Waals surface area (Å²) in [7, 11) is 0. The molecule has 2 rings (SSSR count). The van der Waals surface area contributed by atoms with E-state index in [4.69, 9.17) is 27.9 Å². The van der Waals surface area contributed by atoms with Gasteiger partial charge in [0, 0.05) is 12.2 Å². The smallest absolute Gasteiger partial charge is 0.340 e. The Labute approximate surface area is 145 Å². The third kappa shape index (κ3) is 4.82. The highest BCUT2D eigenvalue weighted by Gasteiger charge is 2.26. The van der Waals surface area contributed by atoms with Crippen LogP contribution in [0.4, 0.5) is 0 Å². The van der Waals surface area contributed by atoms with Crippen molar-refractivity contribution in [2.24, 2.45) is 5.92 Å². The van der Waals surface area contributed by atoms with Crippen molar-refractivity contribution in [3.8, 4) is 0 Å². The standard InChI is InChI=1S/C16H20Cl2N2O3/c1-9-5-3-4-6-13(9)20-15(21)10(2)23-16(22)11-7-12(17)14(18)19-8-11/h7-10,13H,3-6H2,1-2H3,(H,20,21). The molecule has 23 heavy (non-hydrogen) atoms. The molecule has 1 amide bonds. The summed E-state index contributed by atoms with van der Waals surface area (Å²) in [4.78, 5) is 28.0. The van der Waals surface area contributed by atoms with Crippen LogP contribution in [-0.4, -0.2) is 29.0 Å². The van der Waals surface area contributed by atoms with Gasteiger partial charge in [0.25, 0.3) is 5.91 Å². The highest BCUT2D eigenvalue weighted by molar-refractivity contribution is 6.41. The van der Waals surface area contributed by atoms with Crippen LogP contribution in [0.15, 0.2) is 12.3 Å². The summed E-state index contributed by atoms with van der Waals surface area (Å²) in [5.41, 5.74) is 0.157. The number of esters is 1. The molecule has 1 saturated carbocycles. The Morgan fingerprint density at radius 3 is 2.70 bits per heavy atom. The van der Waals surface area contributed by atoms with Gasteiger partial charge in [0.2, 0.25) is 0 Å². The molecule has 1 fully saturated rings. The quantitative estimate of drug-likeness (QED) is 0.659. The van der Waals surface area contributed by atoms with E-state index in [1.165, 1.54) is 18.7 Å². The van der Waals surface area contributed by atoms with Gasteiger partial charge in [-0.1, -0.05) is 43.0 Å². The average Bonchev–Trinajstić information content (AvgIpc) is 2.52. The molecule has 1 aromatic rings. The van der Waals surface area contributed by atoms with Crippen LogP contribution in [0.3, 0.4) is 0 Å². The highest BCUT2D eigenvalue weighted by Crippen LogP contribution is 2.24. The van der Waals surface area contributed by atoms with E-state index in [0.29, 0.717) is 5.92 Å². The second-order valence-corrected chi connectivity index (χ2v) is 6.69. The van der Waals surface area contributed by atoms with Crippen LogP contribution < -0.4 is 5.32 Å². The van der Waals surface area contributed by atoms with Crippen LogP contribution in [0.25, 0.3) is 0 Å². The zero-order chi connectivity index (χ0) is 17.0. The summed E-state index contributed by atoms with van der Waals surface area (Å²) in [5.74, 6) is -0.504. The molecule has 1 N–H and O–H groups in total.